The molecule has 0 bridgehead atoms. The lowest BCUT2D eigenvalue weighted by molar-refractivity contribution is 0.0954. The van der Waals surface area contributed by atoms with Crippen molar-refractivity contribution in [1.29, 1.82) is 0 Å². The number of nitrogens with one attached hydrogen (secondary N) is 2. The summed E-state index contributed by atoms with van der Waals surface area (Å²) in [6.45, 7) is 2.67. The molecule has 1 amide bonds. The maximum Gasteiger partial charge on any atom is 0.251 e. The summed E-state index contributed by atoms with van der Waals surface area (Å²) in [6, 6.07) is 13.3. The molecule has 0 radical (unpaired) electrons. The summed E-state index contributed by atoms with van der Waals surface area (Å²) >= 11 is 5.90. The minimum Gasteiger partial charge on any atom is -0.361 e. The van der Waals surface area contributed by atoms with E-state index in [9.17, 15) is 4.79 Å². The first-order valence-corrected chi connectivity index (χ1v) is 7.61. The van der Waals surface area contributed by atoms with Crippen LogP contribution in [0.1, 0.15) is 21.5 Å². The highest BCUT2D eigenvalue weighted by Crippen LogP contribution is 2.20. The van der Waals surface area contributed by atoms with Gasteiger partial charge in [-0.15, -0.1) is 0 Å². The molecule has 1 heterocycles. The predicted octanol–water partition coefficient (Wildman–Crippen LogP) is 4.10. The molecule has 4 heteroatoms. The summed E-state index contributed by atoms with van der Waals surface area (Å²) in [5, 5.41) is 4.72. The molecule has 1 aromatic heterocycles. The molecule has 0 aliphatic heterocycles. The highest BCUT2D eigenvalue weighted by molar-refractivity contribution is 6.30. The number of aryl methyl sites for hydroxylation is 1. The molecule has 0 unspecified atom stereocenters. The number of rotatable bonds is 4. The molecule has 2 aromatic carbocycles. The van der Waals surface area contributed by atoms with Crippen molar-refractivity contribution in [3.8, 4) is 0 Å². The maximum absolute atomic E-state index is 12.1. The number of aromatic amines is 1. The van der Waals surface area contributed by atoms with E-state index in [1.165, 1.54) is 16.5 Å². The topological polar surface area (TPSA) is 44.9 Å². The zero-order valence-corrected chi connectivity index (χ0v) is 13.1. The first-order valence-electron chi connectivity index (χ1n) is 7.24. The molecule has 0 aliphatic carbocycles. The van der Waals surface area contributed by atoms with E-state index < -0.39 is 0 Å². The molecule has 112 valence electrons. The van der Waals surface area contributed by atoms with Gasteiger partial charge in [0.1, 0.15) is 0 Å². The average Bonchev–Trinajstić information content (AvgIpc) is 2.89. The Bertz CT molecular complexity index is 823. The van der Waals surface area contributed by atoms with Crippen LogP contribution in [0, 0.1) is 6.92 Å². The minimum absolute atomic E-state index is 0.0986. The van der Waals surface area contributed by atoms with Crippen molar-refractivity contribution in [3.05, 3.63) is 70.4 Å². The molecule has 0 fully saturated rings. The van der Waals surface area contributed by atoms with Crippen LogP contribution in [0.5, 0.6) is 0 Å². The molecule has 3 aromatic rings. The molecule has 0 spiro atoms. The zero-order valence-electron chi connectivity index (χ0n) is 12.3. The Hall–Kier alpha value is -2.26. The van der Waals surface area contributed by atoms with Crippen molar-refractivity contribution < 1.29 is 4.79 Å². The van der Waals surface area contributed by atoms with Crippen LogP contribution in [0.25, 0.3) is 10.9 Å². The normalized spacial score (nSPS) is 10.8. The second-order valence-corrected chi connectivity index (χ2v) is 5.82. The van der Waals surface area contributed by atoms with Crippen LogP contribution >= 0.6 is 11.6 Å². The number of hydrogen-bond acceptors (Lipinski definition) is 1. The molecule has 0 atom stereocenters. The van der Waals surface area contributed by atoms with Gasteiger partial charge in [0.15, 0.2) is 0 Å². The van der Waals surface area contributed by atoms with Gasteiger partial charge in [0.2, 0.25) is 0 Å². The van der Waals surface area contributed by atoms with Gasteiger partial charge in [0.25, 0.3) is 5.91 Å². The highest BCUT2D eigenvalue weighted by atomic mass is 35.5. The predicted molar refractivity (Wildman–Crippen MR) is 90.5 cm³/mol. The number of aromatic nitrogens is 1. The fourth-order valence-corrected chi connectivity index (χ4v) is 2.73. The van der Waals surface area contributed by atoms with Crippen LogP contribution in [0.4, 0.5) is 0 Å². The number of amides is 1. The van der Waals surface area contributed by atoms with E-state index >= 15 is 0 Å². The van der Waals surface area contributed by atoms with E-state index in [1.54, 1.807) is 24.3 Å². The molecule has 3 rings (SSSR count). The van der Waals surface area contributed by atoms with E-state index in [2.05, 4.69) is 35.4 Å². The van der Waals surface area contributed by atoms with Crippen molar-refractivity contribution in [1.82, 2.24) is 10.3 Å². The largest absolute Gasteiger partial charge is 0.361 e. The quantitative estimate of drug-likeness (QED) is 0.748. The van der Waals surface area contributed by atoms with Crippen LogP contribution in [0.2, 0.25) is 5.02 Å². The molecule has 2 N–H and O–H groups in total. The number of H-pyrrole nitrogens is 1. The molecular weight excluding hydrogens is 296 g/mol. The van der Waals surface area contributed by atoms with Gasteiger partial charge in [-0.25, -0.2) is 0 Å². The Labute approximate surface area is 134 Å². The van der Waals surface area contributed by atoms with Crippen LogP contribution < -0.4 is 5.32 Å². The summed E-state index contributed by atoms with van der Waals surface area (Å²) in [6.07, 6.45) is 2.80. The summed E-state index contributed by atoms with van der Waals surface area (Å²) in [5.74, 6) is -0.0986. The van der Waals surface area contributed by atoms with Crippen LogP contribution in [-0.4, -0.2) is 17.4 Å². The third-order valence-electron chi connectivity index (χ3n) is 3.69. The molecule has 22 heavy (non-hydrogen) atoms. The number of carbonyl (C=O) groups is 1. The fourth-order valence-electron chi connectivity index (χ4n) is 2.54. The second-order valence-electron chi connectivity index (χ2n) is 5.38. The van der Waals surface area contributed by atoms with Gasteiger partial charge in [-0.05, 0) is 49.2 Å². The molecule has 0 aliphatic rings. The Morgan fingerprint density at radius 2 is 2.09 bits per heavy atom. The van der Waals surface area contributed by atoms with Gasteiger partial charge in [-0.3, -0.25) is 4.79 Å². The van der Waals surface area contributed by atoms with Crippen LogP contribution in [0.3, 0.4) is 0 Å². The molecule has 3 nitrogen and oxygen atoms in total. The summed E-state index contributed by atoms with van der Waals surface area (Å²) in [7, 11) is 0. The van der Waals surface area contributed by atoms with E-state index in [4.69, 9.17) is 11.6 Å². The second kappa shape index (κ2) is 6.24. The van der Waals surface area contributed by atoms with Crippen LogP contribution in [-0.2, 0) is 6.42 Å². The van der Waals surface area contributed by atoms with E-state index in [-0.39, 0.29) is 5.91 Å². The third kappa shape index (κ3) is 3.15. The highest BCUT2D eigenvalue weighted by Gasteiger charge is 2.07. The minimum atomic E-state index is -0.0986. The third-order valence-corrected chi connectivity index (χ3v) is 3.92. The Morgan fingerprint density at radius 3 is 2.91 bits per heavy atom. The van der Waals surface area contributed by atoms with Gasteiger partial charge >= 0.3 is 0 Å². The maximum atomic E-state index is 12.1. The number of halogens is 1. The number of fused-ring (bicyclic) bond motifs is 1. The summed E-state index contributed by atoms with van der Waals surface area (Å²) in [5.41, 5.74) is 4.16. The van der Waals surface area contributed by atoms with Crippen molar-refractivity contribution >= 4 is 28.4 Å². The first kappa shape index (κ1) is 14.7. The van der Waals surface area contributed by atoms with E-state index in [0.29, 0.717) is 17.1 Å². The van der Waals surface area contributed by atoms with Gasteiger partial charge in [-0.2, -0.15) is 0 Å². The van der Waals surface area contributed by atoms with Crippen molar-refractivity contribution in [3.63, 3.8) is 0 Å². The number of carbonyl (C=O) groups excluding carboxylic acids is 1. The smallest absolute Gasteiger partial charge is 0.251 e. The first-order chi connectivity index (χ1) is 10.6. The monoisotopic (exact) mass is 312 g/mol. The lowest BCUT2D eigenvalue weighted by atomic mass is 10.1. The SMILES string of the molecule is Cc1ccc2[nH]cc(CCNC(=O)c3cccc(Cl)c3)c2c1. The number of hydrogen-bond donors (Lipinski definition) is 2. The lowest BCUT2D eigenvalue weighted by Crippen LogP contribution is -2.25. The lowest BCUT2D eigenvalue weighted by Gasteiger charge is -2.05. The van der Waals surface area contributed by atoms with Gasteiger partial charge in [0.05, 0.1) is 0 Å². The van der Waals surface area contributed by atoms with Crippen molar-refractivity contribution in [2.75, 3.05) is 6.54 Å². The average molecular weight is 313 g/mol. The summed E-state index contributed by atoms with van der Waals surface area (Å²) < 4.78 is 0. The molecule has 0 saturated heterocycles. The van der Waals surface area contributed by atoms with Gasteiger partial charge in [0, 0.05) is 34.2 Å². The molecule has 0 saturated carbocycles. The van der Waals surface area contributed by atoms with Crippen LogP contribution in [0.15, 0.2) is 48.7 Å². The number of benzene rings is 2. The van der Waals surface area contributed by atoms with E-state index in [0.717, 1.165) is 11.9 Å². The zero-order chi connectivity index (χ0) is 15.5. The Balaban J connectivity index is 1.65. The van der Waals surface area contributed by atoms with Crippen molar-refractivity contribution in [2.24, 2.45) is 0 Å². The van der Waals surface area contributed by atoms with Gasteiger partial charge in [-0.1, -0.05) is 29.3 Å². The Kier molecular flexibility index (Phi) is 4.16. The standard InChI is InChI=1S/C18H17ClN2O/c1-12-5-6-17-16(9-12)14(11-21-17)7-8-20-18(22)13-3-2-4-15(19)10-13/h2-6,9-11,21H,7-8H2,1H3,(H,20,22). The van der Waals surface area contributed by atoms with Crippen molar-refractivity contribution in [2.45, 2.75) is 13.3 Å². The van der Waals surface area contributed by atoms with E-state index in [1.807, 2.05) is 6.20 Å². The Morgan fingerprint density at radius 1 is 1.23 bits per heavy atom. The van der Waals surface area contributed by atoms with Gasteiger partial charge < -0.3 is 10.3 Å². The fraction of sp³-hybridized carbons (Fsp3) is 0.167. The molecular formula is C18H17ClN2O. The summed E-state index contributed by atoms with van der Waals surface area (Å²) in [4.78, 5) is 15.3.